The fraction of sp³-hybridized carbons (Fsp3) is 0.636. The van der Waals surface area contributed by atoms with E-state index in [1.165, 1.54) is 23.5 Å². The second kappa shape index (κ2) is 5.77. The van der Waals surface area contributed by atoms with Crippen LogP contribution in [0.2, 0.25) is 0 Å². The molecule has 0 spiro atoms. The Labute approximate surface area is 110 Å². The zero-order valence-electron chi connectivity index (χ0n) is 10.7. The minimum Gasteiger partial charge on any atom is -0.352 e. The number of hydrogen-bond donors (Lipinski definition) is 1. The Morgan fingerprint density at radius 1 is 1.58 bits per heavy atom. The first-order valence-corrected chi connectivity index (χ1v) is 7.60. The van der Waals surface area contributed by atoms with Crippen molar-refractivity contribution in [3.63, 3.8) is 0 Å². The molecular weight excluding hydrogens is 271 g/mol. The molecule has 0 radical (unpaired) electrons. The number of ether oxygens (including phenoxy) is 1. The van der Waals surface area contributed by atoms with Crippen LogP contribution in [0.1, 0.15) is 19.6 Å². The predicted octanol–water partition coefficient (Wildman–Crippen LogP) is 0.849. The van der Waals surface area contributed by atoms with Gasteiger partial charge in [0.2, 0.25) is 0 Å². The van der Waals surface area contributed by atoms with Crippen LogP contribution in [-0.2, 0) is 13.8 Å². The summed E-state index contributed by atoms with van der Waals surface area (Å²) in [6.07, 6.45) is 1.50. The number of aromatic nitrogens is 2. The number of rotatable bonds is 4. The van der Waals surface area contributed by atoms with Gasteiger partial charge in [-0.25, -0.2) is 4.79 Å². The Hall–Kier alpha value is -1.30. The quantitative estimate of drug-likeness (QED) is 0.829. The average Bonchev–Trinajstić information content (AvgIpc) is 2.68. The molecule has 2 heterocycles. The van der Waals surface area contributed by atoms with Gasteiger partial charge in [0.05, 0.1) is 6.10 Å². The first-order chi connectivity index (χ1) is 8.97. The lowest BCUT2D eigenvalue weighted by molar-refractivity contribution is -0.0285. The van der Waals surface area contributed by atoms with Crippen LogP contribution >= 0.6 is 8.03 Å². The maximum Gasteiger partial charge on any atom is 0.504 e. The van der Waals surface area contributed by atoms with Crippen LogP contribution in [0.3, 0.4) is 0 Å². The van der Waals surface area contributed by atoms with E-state index in [-0.39, 0.29) is 18.6 Å². The maximum atomic E-state index is 11.7. The summed E-state index contributed by atoms with van der Waals surface area (Å²) in [6, 6.07) is 1.28. The van der Waals surface area contributed by atoms with Gasteiger partial charge in [-0.05, 0) is 11.0 Å². The zero-order valence-corrected chi connectivity index (χ0v) is 11.6. The van der Waals surface area contributed by atoms with Gasteiger partial charge in [-0.1, -0.05) is 6.92 Å². The molecule has 0 bridgehead atoms. The van der Waals surface area contributed by atoms with Gasteiger partial charge in [0.1, 0.15) is 12.8 Å². The SMILES string of the molecule is CC1C[C@@H](CO[P+](C)=O)O[C@H]1n1ccc(=O)[nH]c1=O. The van der Waals surface area contributed by atoms with Crippen LogP contribution in [0.15, 0.2) is 21.9 Å². The predicted molar refractivity (Wildman–Crippen MR) is 68.5 cm³/mol. The van der Waals surface area contributed by atoms with Crippen molar-refractivity contribution in [2.24, 2.45) is 5.92 Å². The van der Waals surface area contributed by atoms with Crippen LogP contribution < -0.4 is 11.2 Å². The highest BCUT2D eigenvalue weighted by atomic mass is 31.1. The molecule has 1 fully saturated rings. The summed E-state index contributed by atoms with van der Waals surface area (Å²) in [5.74, 6) is 0.104. The molecule has 2 unspecified atom stereocenters. The molecule has 1 saturated heterocycles. The van der Waals surface area contributed by atoms with Crippen molar-refractivity contribution in [1.82, 2.24) is 9.55 Å². The molecule has 7 nitrogen and oxygen atoms in total. The molecule has 1 aromatic rings. The molecule has 1 aliphatic rings. The van der Waals surface area contributed by atoms with Gasteiger partial charge >= 0.3 is 13.7 Å². The minimum absolute atomic E-state index is 0.104. The molecule has 1 N–H and O–H groups in total. The summed E-state index contributed by atoms with van der Waals surface area (Å²) >= 11 is 0. The smallest absolute Gasteiger partial charge is 0.352 e. The van der Waals surface area contributed by atoms with E-state index in [9.17, 15) is 14.2 Å². The standard InChI is InChI=1S/C11H15N2O5P/c1-7-5-8(6-17-19(2)16)18-10(7)13-4-3-9(14)12-11(13)15/h3-4,7-8,10H,5-6H2,1-2H3/p+1/t7?,8-,10+/m0/s1. The summed E-state index contributed by atoms with van der Waals surface area (Å²) < 4.78 is 23.0. The van der Waals surface area contributed by atoms with Crippen LogP contribution in [0.4, 0.5) is 0 Å². The average molecular weight is 287 g/mol. The van der Waals surface area contributed by atoms with Gasteiger partial charge in [0, 0.05) is 18.2 Å². The molecule has 19 heavy (non-hydrogen) atoms. The zero-order chi connectivity index (χ0) is 14.0. The number of aromatic amines is 1. The number of nitrogens with zero attached hydrogens (tertiary/aromatic N) is 1. The van der Waals surface area contributed by atoms with E-state index in [0.717, 1.165) is 0 Å². The second-order valence-corrected chi connectivity index (χ2v) is 5.75. The fourth-order valence-electron chi connectivity index (χ4n) is 2.18. The third-order valence-corrected chi connectivity index (χ3v) is 3.53. The van der Waals surface area contributed by atoms with E-state index in [4.69, 9.17) is 9.26 Å². The monoisotopic (exact) mass is 287 g/mol. The van der Waals surface area contributed by atoms with Gasteiger partial charge in [0.25, 0.3) is 5.56 Å². The van der Waals surface area contributed by atoms with Crippen LogP contribution in [-0.4, -0.2) is 28.9 Å². The third-order valence-electron chi connectivity index (χ3n) is 3.02. The molecule has 0 aliphatic carbocycles. The van der Waals surface area contributed by atoms with E-state index in [0.29, 0.717) is 6.42 Å². The van der Waals surface area contributed by atoms with Gasteiger partial charge in [-0.3, -0.25) is 14.3 Å². The largest absolute Gasteiger partial charge is 0.504 e. The maximum absolute atomic E-state index is 11.7. The topological polar surface area (TPSA) is 90.4 Å². The summed E-state index contributed by atoms with van der Waals surface area (Å²) in [5, 5.41) is 0. The molecule has 2 rings (SSSR count). The van der Waals surface area contributed by atoms with Gasteiger partial charge in [0.15, 0.2) is 6.66 Å². The summed E-state index contributed by atoms with van der Waals surface area (Å²) in [5.41, 5.74) is -0.928. The van der Waals surface area contributed by atoms with Crippen molar-refractivity contribution in [1.29, 1.82) is 0 Å². The Morgan fingerprint density at radius 3 is 2.95 bits per heavy atom. The molecule has 8 heteroatoms. The highest BCUT2D eigenvalue weighted by Gasteiger charge is 2.35. The van der Waals surface area contributed by atoms with E-state index in [1.54, 1.807) is 0 Å². The molecule has 1 aromatic heterocycles. The van der Waals surface area contributed by atoms with E-state index < -0.39 is 25.5 Å². The molecular formula is C11H16N2O5P+. The first-order valence-electron chi connectivity index (χ1n) is 5.98. The van der Waals surface area contributed by atoms with Crippen LogP contribution in [0.5, 0.6) is 0 Å². The summed E-state index contributed by atoms with van der Waals surface area (Å²) in [7, 11) is -1.66. The van der Waals surface area contributed by atoms with Crippen molar-refractivity contribution in [2.75, 3.05) is 13.3 Å². The summed E-state index contributed by atoms with van der Waals surface area (Å²) in [6.45, 7) is 3.68. The van der Waals surface area contributed by atoms with Gasteiger partial charge < -0.3 is 4.74 Å². The van der Waals surface area contributed by atoms with Crippen molar-refractivity contribution in [2.45, 2.75) is 25.7 Å². The molecule has 1 aliphatic heterocycles. The lowest BCUT2D eigenvalue weighted by atomic mass is 10.1. The van der Waals surface area contributed by atoms with Crippen molar-refractivity contribution in [3.8, 4) is 0 Å². The number of nitrogens with one attached hydrogen (secondary N) is 1. The van der Waals surface area contributed by atoms with Gasteiger partial charge in [-0.15, -0.1) is 4.52 Å². The van der Waals surface area contributed by atoms with Crippen molar-refractivity contribution < 1.29 is 13.8 Å². The second-order valence-electron chi connectivity index (χ2n) is 4.61. The highest BCUT2D eigenvalue weighted by molar-refractivity contribution is 7.38. The lowest BCUT2D eigenvalue weighted by Gasteiger charge is -2.17. The molecule has 0 aromatic carbocycles. The summed E-state index contributed by atoms with van der Waals surface area (Å²) in [4.78, 5) is 24.9. The van der Waals surface area contributed by atoms with Gasteiger partial charge in [-0.2, -0.15) is 0 Å². The molecule has 4 atom stereocenters. The third kappa shape index (κ3) is 3.37. The number of hydrogen-bond acceptors (Lipinski definition) is 5. The van der Waals surface area contributed by atoms with Crippen LogP contribution in [0, 0.1) is 5.92 Å². The molecule has 104 valence electrons. The first kappa shape index (κ1) is 14.1. The molecule has 0 saturated carbocycles. The van der Waals surface area contributed by atoms with Crippen molar-refractivity contribution >= 4 is 8.03 Å². The Bertz CT molecular complexity index is 581. The Kier molecular flexibility index (Phi) is 4.29. The Morgan fingerprint density at radius 2 is 2.32 bits per heavy atom. The molecule has 0 amide bonds. The minimum atomic E-state index is -1.66. The van der Waals surface area contributed by atoms with Crippen LogP contribution in [0.25, 0.3) is 0 Å². The van der Waals surface area contributed by atoms with Crippen molar-refractivity contribution in [3.05, 3.63) is 33.1 Å². The van der Waals surface area contributed by atoms with E-state index in [2.05, 4.69) is 4.98 Å². The number of H-pyrrole nitrogens is 1. The fourth-order valence-corrected chi connectivity index (χ4v) is 2.56. The highest BCUT2D eigenvalue weighted by Crippen LogP contribution is 2.34. The normalized spacial score (nSPS) is 27.5. The lowest BCUT2D eigenvalue weighted by Crippen LogP contribution is -2.33. The van der Waals surface area contributed by atoms with E-state index in [1.807, 2.05) is 6.92 Å². The Balaban J connectivity index is 2.11. The van der Waals surface area contributed by atoms with E-state index >= 15 is 0 Å².